The van der Waals surface area contributed by atoms with Gasteiger partial charge in [-0.1, -0.05) is 12.1 Å². The Morgan fingerprint density at radius 3 is 2.06 bits per heavy atom. The van der Waals surface area contributed by atoms with Crippen LogP contribution in [0.2, 0.25) is 0 Å². The molecule has 2 saturated heterocycles. The van der Waals surface area contributed by atoms with E-state index in [2.05, 4.69) is 0 Å². The molecule has 3 heterocycles. The predicted octanol–water partition coefficient (Wildman–Crippen LogP) is -3.16. The minimum atomic E-state index is -1.73. The van der Waals surface area contributed by atoms with E-state index in [1.54, 1.807) is 6.92 Å². The molecular weight excluding hydrogens is 660 g/mol. The second-order valence-electron chi connectivity index (χ2n) is 11.5. The SMILES string of the molecule is CC=C1[C@H](O[C@@H]2O[C@H](CO)[C@@H](O)[C@H](O)[C@H]2O)OC=C(C(=O)OC)[C@@H]1CC(=O)OCCc1ccc(O[C@@H]2O[C@H](CO)[C@@H](O)[C@H](O)[C@H]2O)c(O)c1. The number of hydrogen-bond acceptors (Lipinski definition) is 18. The molecule has 0 aliphatic carbocycles. The van der Waals surface area contributed by atoms with Crippen molar-refractivity contribution < 1.29 is 88.7 Å². The van der Waals surface area contributed by atoms with Crippen LogP contribution in [0, 0.1) is 5.92 Å². The standard InChI is InChI=1S/C31H42O18/c1-3-14-15(16(28(42)43-2)12-45-29(14)49-31-27(41)25(39)23(37)20(11-33)48-31)9-21(35)44-7-6-13-4-5-18(17(34)8-13)46-30-26(40)24(38)22(36)19(10-32)47-30/h3-5,8,12,15,19-20,22-27,29-34,36-41H,6-7,9-11H2,1-2H3/t15-,19-,20-,22-,23-,24+,25+,26-,27-,29+,30-,31+/m1/s1. The number of benzene rings is 1. The van der Waals surface area contributed by atoms with Gasteiger partial charge in [-0.05, 0) is 24.6 Å². The molecule has 0 unspecified atom stereocenters. The number of carbonyl (C=O) groups is 2. The van der Waals surface area contributed by atoms with Crippen LogP contribution in [0.3, 0.4) is 0 Å². The summed E-state index contributed by atoms with van der Waals surface area (Å²) in [5.74, 6) is -3.02. The largest absolute Gasteiger partial charge is 0.504 e. The van der Waals surface area contributed by atoms with Crippen LogP contribution >= 0.6 is 0 Å². The molecule has 0 radical (unpaired) electrons. The van der Waals surface area contributed by atoms with E-state index in [1.165, 1.54) is 24.3 Å². The average Bonchev–Trinajstić information content (AvgIpc) is 3.09. The van der Waals surface area contributed by atoms with Gasteiger partial charge in [-0.3, -0.25) is 4.79 Å². The van der Waals surface area contributed by atoms with Crippen molar-refractivity contribution in [3.05, 3.63) is 47.2 Å². The van der Waals surface area contributed by atoms with E-state index in [1.807, 2.05) is 0 Å². The molecule has 1 aromatic carbocycles. The number of phenols is 1. The second-order valence-corrected chi connectivity index (χ2v) is 11.5. The number of aliphatic hydroxyl groups excluding tert-OH is 8. The van der Waals surface area contributed by atoms with Crippen LogP contribution in [0.4, 0.5) is 0 Å². The lowest BCUT2D eigenvalue weighted by Gasteiger charge is -2.41. The molecule has 0 amide bonds. The summed E-state index contributed by atoms with van der Waals surface area (Å²) in [5.41, 5.74) is 0.715. The zero-order chi connectivity index (χ0) is 36.0. The quantitative estimate of drug-likeness (QED) is 0.0767. The van der Waals surface area contributed by atoms with Gasteiger partial charge in [0.2, 0.25) is 12.6 Å². The van der Waals surface area contributed by atoms with Crippen LogP contribution < -0.4 is 4.74 Å². The molecule has 0 aromatic heterocycles. The number of ether oxygens (including phenoxy) is 7. The van der Waals surface area contributed by atoms with E-state index in [0.717, 1.165) is 13.4 Å². The van der Waals surface area contributed by atoms with Crippen molar-refractivity contribution in [1.29, 1.82) is 0 Å². The third-order valence-electron chi connectivity index (χ3n) is 8.37. The molecule has 0 saturated carbocycles. The average molecular weight is 703 g/mol. The Morgan fingerprint density at radius 1 is 0.878 bits per heavy atom. The Labute approximate surface area is 279 Å². The Hall–Kier alpha value is -3.40. The maximum absolute atomic E-state index is 13.0. The van der Waals surface area contributed by atoms with E-state index in [0.29, 0.717) is 5.56 Å². The van der Waals surface area contributed by atoms with E-state index < -0.39 is 98.8 Å². The van der Waals surface area contributed by atoms with Crippen molar-refractivity contribution in [3.63, 3.8) is 0 Å². The molecule has 2 fully saturated rings. The van der Waals surface area contributed by atoms with Crippen molar-refractivity contribution in [2.45, 2.75) is 87.5 Å². The lowest BCUT2D eigenvalue weighted by atomic mass is 9.86. The summed E-state index contributed by atoms with van der Waals surface area (Å²) in [6.45, 7) is 0.0864. The summed E-state index contributed by atoms with van der Waals surface area (Å²) in [7, 11) is 1.14. The van der Waals surface area contributed by atoms with E-state index in [-0.39, 0.29) is 42.1 Å². The molecule has 0 spiro atoms. The fourth-order valence-electron chi connectivity index (χ4n) is 5.54. The van der Waals surface area contributed by atoms with Gasteiger partial charge in [0.15, 0.2) is 17.8 Å². The highest BCUT2D eigenvalue weighted by molar-refractivity contribution is 5.90. The highest BCUT2D eigenvalue weighted by Crippen LogP contribution is 2.36. The maximum atomic E-state index is 13.0. The van der Waals surface area contributed by atoms with Crippen LogP contribution in [0.15, 0.2) is 41.7 Å². The monoisotopic (exact) mass is 702 g/mol. The zero-order valence-electron chi connectivity index (χ0n) is 26.5. The van der Waals surface area contributed by atoms with E-state index >= 15 is 0 Å². The van der Waals surface area contributed by atoms with Gasteiger partial charge in [-0.2, -0.15) is 0 Å². The number of methoxy groups -OCH3 is 1. The van der Waals surface area contributed by atoms with Gasteiger partial charge in [0.1, 0.15) is 48.8 Å². The molecule has 3 aliphatic rings. The molecular formula is C31H42O18. The number of allylic oxidation sites excluding steroid dienone is 1. The molecule has 18 heteroatoms. The van der Waals surface area contributed by atoms with Crippen LogP contribution in [0.25, 0.3) is 0 Å². The number of hydrogen-bond donors (Lipinski definition) is 9. The fraction of sp³-hybridized carbons (Fsp3) is 0.613. The Kier molecular flexibility index (Phi) is 13.3. The molecule has 274 valence electrons. The zero-order valence-corrected chi connectivity index (χ0v) is 26.5. The topological polar surface area (TPSA) is 281 Å². The van der Waals surface area contributed by atoms with Crippen molar-refractivity contribution in [1.82, 2.24) is 0 Å². The van der Waals surface area contributed by atoms with E-state index in [4.69, 9.17) is 33.2 Å². The maximum Gasteiger partial charge on any atom is 0.337 e. The number of rotatable bonds is 12. The van der Waals surface area contributed by atoms with Gasteiger partial charge >= 0.3 is 11.9 Å². The normalized spacial score (nSPS) is 35.6. The highest BCUT2D eigenvalue weighted by Gasteiger charge is 2.47. The first-order chi connectivity index (χ1) is 23.3. The Balaban J connectivity index is 1.37. The molecule has 0 bridgehead atoms. The fourth-order valence-corrected chi connectivity index (χ4v) is 5.54. The summed E-state index contributed by atoms with van der Waals surface area (Å²) in [6, 6.07) is 4.18. The minimum absolute atomic E-state index is 0.0406. The Morgan fingerprint density at radius 2 is 1.49 bits per heavy atom. The first-order valence-electron chi connectivity index (χ1n) is 15.4. The van der Waals surface area contributed by atoms with Gasteiger partial charge in [-0.15, -0.1) is 0 Å². The van der Waals surface area contributed by atoms with Crippen LogP contribution in [-0.4, -0.2) is 153 Å². The third-order valence-corrected chi connectivity index (χ3v) is 8.37. The number of phenolic OH excluding ortho intramolecular Hbond substituents is 1. The van der Waals surface area contributed by atoms with Gasteiger partial charge in [0, 0.05) is 17.9 Å². The summed E-state index contributed by atoms with van der Waals surface area (Å²) in [5, 5.41) is 90.0. The van der Waals surface area contributed by atoms with Gasteiger partial charge in [0.25, 0.3) is 0 Å². The van der Waals surface area contributed by atoms with Crippen molar-refractivity contribution in [3.8, 4) is 11.5 Å². The van der Waals surface area contributed by atoms with Crippen molar-refractivity contribution >= 4 is 11.9 Å². The molecule has 49 heavy (non-hydrogen) atoms. The third kappa shape index (κ3) is 8.67. The summed E-state index contributed by atoms with van der Waals surface area (Å²) in [4.78, 5) is 25.5. The molecule has 9 N–H and O–H groups in total. The first kappa shape index (κ1) is 38.4. The van der Waals surface area contributed by atoms with Gasteiger partial charge < -0.3 is 79.1 Å². The van der Waals surface area contributed by atoms with Crippen LogP contribution in [0.1, 0.15) is 18.9 Å². The van der Waals surface area contributed by atoms with E-state index in [9.17, 15) is 55.5 Å². The number of aliphatic hydroxyl groups is 8. The van der Waals surface area contributed by atoms with Crippen molar-refractivity contribution in [2.24, 2.45) is 5.92 Å². The molecule has 1 aromatic rings. The smallest absolute Gasteiger partial charge is 0.337 e. The first-order valence-corrected chi connectivity index (χ1v) is 15.4. The molecule has 4 rings (SSSR count). The van der Waals surface area contributed by atoms with Gasteiger partial charge in [0.05, 0.1) is 45.2 Å². The Bertz CT molecular complexity index is 1350. The summed E-state index contributed by atoms with van der Waals surface area (Å²) < 4.78 is 37.6. The van der Waals surface area contributed by atoms with Gasteiger partial charge in [-0.25, -0.2) is 4.79 Å². The summed E-state index contributed by atoms with van der Waals surface area (Å²) in [6.07, 6.45) is -14.6. The number of esters is 2. The highest BCUT2D eigenvalue weighted by atomic mass is 16.8. The lowest BCUT2D eigenvalue weighted by Crippen LogP contribution is -2.60. The van der Waals surface area contributed by atoms with Crippen molar-refractivity contribution in [2.75, 3.05) is 26.9 Å². The minimum Gasteiger partial charge on any atom is -0.504 e. The van der Waals surface area contributed by atoms with Crippen LogP contribution in [0.5, 0.6) is 11.5 Å². The lowest BCUT2D eigenvalue weighted by molar-refractivity contribution is -0.327. The number of carbonyl (C=O) groups excluding carboxylic acids is 2. The van der Waals surface area contributed by atoms with Crippen LogP contribution in [-0.2, 0) is 44.4 Å². The predicted molar refractivity (Wildman–Crippen MR) is 159 cm³/mol. The molecule has 12 atom stereocenters. The molecule has 3 aliphatic heterocycles. The molecule has 18 nitrogen and oxygen atoms in total. The number of aromatic hydroxyl groups is 1. The second kappa shape index (κ2) is 17.0. The summed E-state index contributed by atoms with van der Waals surface area (Å²) >= 11 is 0.